The van der Waals surface area contributed by atoms with Gasteiger partial charge in [-0.25, -0.2) is 9.78 Å². The van der Waals surface area contributed by atoms with E-state index in [1.807, 2.05) is 11.4 Å². The highest BCUT2D eigenvalue weighted by atomic mass is 32.1. The van der Waals surface area contributed by atoms with Crippen molar-refractivity contribution in [3.8, 4) is 11.1 Å². The maximum atomic E-state index is 13.3. The molecule has 0 amide bonds. The summed E-state index contributed by atoms with van der Waals surface area (Å²) >= 11 is 1.47. The average molecular weight is 419 g/mol. The minimum atomic E-state index is -0.365. The summed E-state index contributed by atoms with van der Waals surface area (Å²) in [5.41, 5.74) is 4.41. The highest BCUT2D eigenvalue weighted by Crippen LogP contribution is 2.30. The minimum Gasteiger partial charge on any atom is -0.462 e. The molecule has 2 aromatic heterocycles. The molecule has 0 N–H and O–H groups in total. The topological polar surface area (TPSA) is 61.2 Å². The van der Waals surface area contributed by atoms with Gasteiger partial charge < -0.3 is 4.74 Å². The van der Waals surface area contributed by atoms with E-state index in [1.165, 1.54) is 16.9 Å². The van der Waals surface area contributed by atoms with Gasteiger partial charge in [0.2, 0.25) is 0 Å². The highest BCUT2D eigenvalue weighted by Gasteiger charge is 2.14. The molecule has 2 aromatic carbocycles. The van der Waals surface area contributed by atoms with E-state index in [0.717, 1.165) is 27.9 Å². The van der Waals surface area contributed by atoms with E-state index in [-0.39, 0.29) is 11.5 Å². The molecule has 0 fully saturated rings. The number of benzene rings is 2. The van der Waals surface area contributed by atoms with E-state index in [1.54, 1.807) is 36.0 Å². The molecule has 0 radical (unpaired) electrons. The van der Waals surface area contributed by atoms with Crippen LogP contribution in [0.3, 0.4) is 0 Å². The van der Waals surface area contributed by atoms with Gasteiger partial charge in [-0.2, -0.15) is 0 Å². The predicted octanol–water partition coefficient (Wildman–Crippen LogP) is 4.91. The lowest BCUT2D eigenvalue weighted by Gasteiger charge is -2.08. The lowest BCUT2D eigenvalue weighted by Crippen LogP contribution is -2.21. The van der Waals surface area contributed by atoms with E-state index in [4.69, 9.17) is 4.74 Å². The molecule has 5 nitrogen and oxygen atoms in total. The Kier molecular flexibility index (Phi) is 5.77. The molecule has 6 heteroatoms. The van der Waals surface area contributed by atoms with Crippen molar-refractivity contribution in [1.82, 2.24) is 9.55 Å². The molecular formula is C24H22N2O3S. The second-order valence-corrected chi connectivity index (χ2v) is 7.84. The van der Waals surface area contributed by atoms with Gasteiger partial charge in [0.05, 0.1) is 30.4 Å². The Labute approximate surface area is 178 Å². The number of rotatable bonds is 6. The number of ether oxygens (including phenoxy) is 1. The van der Waals surface area contributed by atoms with Gasteiger partial charge in [-0.3, -0.25) is 9.36 Å². The molecule has 0 atom stereocenters. The molecule has 0 aliphatic heterocycles. The number of nitrogens with zero attached hydrogens (tertiary/aromatic N) is 2. The van der Waals surface area contributed by atoms with Crippen LogP contribution in [-0.4, -0.2) is 22.1 Å². The number of thiophene rings is 1. The molecule has 0 saturated carbocycles. The van der Waals surface area contributed by atoms with Gasteiger partial charge in [0.25, 0.3) is 5.56 Å². The van der Waals surface area contributed by atoms with Crippen LogP contribution in [0.15, 0.2) is 65.0 Å². The monoisotopic (exact) mass is 418 g/mol. The summed E-state index contributed by atoms with van der Waals surface area (Å²) in [7, 11) is 0. The lowest BCUT2D eigenvalue weighted by molar-refractivity contribution is 0.0526. The quantitative estimate of drug-likeness (QED) is 0.417. The smallest absolute Gasteiger partial charge is 0.338 e. The zero-order valence-corrected chi connectivity index (χ0v) is 17.7. The number of hydrogen-bond acceptors (Lipinski definition) is 5. The first-order valence-electron chi connectivity index (χ1n) is 9.92. The summed E-state index contributed by atoms with van der Waals surface area (Å²) in [4.78, 5) is 30.5. The largest absolute Gasteiger partial charge is 0.462 e. The summed E-state index contributed by atoms with van der Waals surface area (Å²) in [6.45, 7) is 4.55. The molecule has 0 saturated heterocycles. The molecule has 0 unspecified atom stereocenters. The normalized spacial score (nSPS) is 11.0. The van der Waals surface area contributed by atoms with Crippen LogP contribution in [0, 0.1) is 0 Å². The summed E-state index contributed by atoms with van der Waals surface area (Å²) in [5, 5.41) is 2.62. The fraction of sp³-hybridized carbons (Fsp3) is 0.208. The van der Waals surface area contributed by atoms with Crippen molar-refractivity contribution in [2.45, 2.75) is 26.8 Å². The Morgan fingerprint density at radius 3 is 2.63 bits per heavy atom. The third kappa shape index (κ3) is 3.91. The summed E-state index contributed by atoms with van der Waals surface area (Å²) in [5.74, 6) is -0.365. The lowest BCUT2D eigenvalue weighted by atomic mass is 10.0. The van der Waals surface area contributed by atoms with Gasteiger partial charge in [-0.15, -0.1) is 11.3 Å². The van der Waals surface area contributed by atoms with Gasteiger partial charge in [0.1, 0.15) is 4.83 Å². The Hall–Kier alpha value is -3.25. The zero-order valence-electron chi connectivity index (χ0n) is 16.9. The average Bonchev–Trinajstić information content (AvgIpc) is 3.21. The molecule has 0 aliphatic carbocycles. The molecule has 4 rings (SSSR count). The van der Waals surface area contributed by atoms with Crippen molar-refractivity contribution < 1.29 is 9.53 Å². The molecule has 0 aliphatic rings. The predicted molar refractivity (Wildman–Crippen MR) is 120 cm³/mol. The van der Waals surface area contributed by atoms with Crippen molar-refractivity contribution >= 4 is 27.5 Å². The maximum absolute atomic E-state index is 13.3. The van der Waals surface area contributed by atoms with Crippen molar-refractivity contribution in [1.29, 1.82) is 0 Å². The molecule has 0 spiro atoms. The SMILES string of the molecule is CCOC(=O)c1cccc(Cn2cnc3scc(-c4ccc(CC)cc4)c3c2=O)c1. The van der Waals surface area contributed by atoms with Crippen LogP contribution < -0.4 is 5.56 Å². The van der Waals surface area contributed by atoms with E-state index in [2.05, 4.69) is 36.2 Å². The highest BCUT2D eigenvalue weighted by molar-refractivity contribution is 7.17. The Balaban J connectivity index is 1.71. The summed E-state index contributed by atoms with van der Waals surface area (Å²) in [6, 6.07) is 15.4. The van der Waals surface area contributed by atoms with E-state index >= 15 is 0 Å². The molecule has 2 heterocycles. The van der Waals surface area contributed by atoms with Crippen molar-refractivity contribution in [2.75, 3.05) is 6.61 Å². The van der Waals surface area contributed by atoms with Crippen LogP contribution in [0.25, 0.3) is 21.3 Å². The van der Waals surface area contributed by atoms with Gasteiger partial charge >= 0.3 is 5.97 Å². The van der Waals surface area contributed by atoms with Crippen molar-refractivity contribution in [3.05, 3.63) is 87.3 Å². The number of aryl methyl sites for hydroxylation is 1. The molecule has 152 valence electrons. The maximum Gasteiger partial charge on any atom is 0.338 e. The Morgan fingerprint density at radius 2 is 1.90 bits per heavy atom. The van der Waals surface area contributed by atoms with E-state index in [9.17, 15) is 9.59 Å². The Bertz CT molecular complexity index is 1260. The first-order valence-corrected chi connectivity index (χ1v) is 10.8. The standard InChI is InChI=1S/C24H22N2O3S/c1-3-16-8-10-18(11-9-16)20-14-30-22-21(20)23(27)26(15-25-22)13-17-6-5-7-19(12-17)24(28)29-4-2/h5-12,14-15H,3-4,13H2,1-2H3. The fourth-order valence-corrected chi connectivity index (χ4v) is 4.33. The molecule has 0 bridgehead atoms. The van der Waals surface area contributed by atoms with Crippen LogP contribution in [0.2, 0.25) is 0 Å². The Morgan fingerprint density at radius 1 is 1.10 bits per heavy atom. The number of esters is 1. The summed E-state index contributed by atoms with van der Waals surface area (Å²) < 4.78 is 6.65. The third-order valence-electron chi connectivity index (χ3n) is 5.02. The number of carbonyl (C=O) groups is 1. The third-order valence-corrected chi connectivity index (χ3v) is 5.91. The molecular weight excluding hydrogens is 396 g/mol. The summed E-state index contributed by atoms with van der Waals surface area (Å²) in [6.07, 6.45) is 2.55. The van der Waals surface area contributed by atoms with Crippen molar-refractivity contribution in [2.24, 2.45) is 0 Å². The number of fused-ring (bicyclic) bond motifs is 1. The van der Waals surface area contributed by atoms with Crippen LogP contribution >= 0.6 is 11.3 Å². The first-order chi connectivity index (χ1) is 14.6. The second kappa shape index (κ2) is 8.63. The van der Waals surface area contributed by atoms with Gasteiger partial charge in [-0.1, -0.05) is 43.3 Å². The van der Waals surface area contributed by atoms with E-state index in [0.29, 0.717) is 24.1 Å². The van der Waals surface area contributed by atoms with Crippen LogP contribution in [0.4, 0.5) is 0 Å². The van der Waals surface area contributed by atoms with Crippen LogP contribution in [0.5, 0.6) is 0 Å². The number of hydrogen-bond donors (Lipinski definition) is 0. The fourth-order valence-electron chi connectivity index (χ4n) is 3.42. The van der Waals surface area contributed by atoms with Crippen LogP contribution in [0.1, 0.15) is 35.3 Å². The van der Waals surface area contributed by atoms with Crippen molar-refractivity contribution in [3.63, 3.8) is 0 Å². The van der Waals surface area contributed by atoms with Gasteiger partial charge in [0, 0.05) is 10.9 Å². The minimum absolute atomic E-state index is 0.0858. The van der Waals surface area contributed by atoms with Gasteiger partial charge in [0.15, 0.2) is 0 Å². The molecule has 30 heavy (non-hydrogen) atoms. The van der Waals surface area contributed by atoms with E-state index < -0.39 is 0 Å². The molecule has 4 aromatic rings. The number of aromatic nitrogens is 2. The number of carbonyl (C=O) groups excluding carboxylic acids is 1. The first kappa shape index (κ1) is 20.0. The zero-order chi connectivity index (χ0) is 21.1. The van der Waals surface area contributed by atoms with Crippen LogP contribution in [-0.2, 0) is 17.7 Å². The second-order valence-electron chi connectivity index (χ2n) is 6.98. The van der Waals surface area contributed by atoms with Gasteiger partial charge in [-0.05, 0) is 42.2 Å².